The van der Waals surface area contributed by atoms with Crippen molar-refractivity contribution < 1.29 is 9.21 Å². The van der Waals surface area contributed by atoms with Gasteiger partial charge in [-0.15, -0.1) is 21.5 Å². The van der Waals surface area contributed by atoms with E-state index >= 15 is 0 Å². The number of benzene rings is 1. The Labute approximate surface area is 183 Å². The average Bonchev–Trinajstić information content (AvgIpc) is 3.41. The van der Waals surface area contributed by atoms with Crippen molar-refractivity contribution in [1.29, 1.82) is 0 Å². The molecule has 0 aliphatic rings. The minimum absolute atomic E-state index is 0.0429. The summed E-state index contributed by atoms with van der Waals surface area (Å²) in [4.78, 5) is 17.3. The molecule has 0 amide bonds. The molecule has 154 valence electrons. The summed E-state index contributed by atoms with van der Waals surface area (Å²) in [6.07, 6.45) is 0.504. The van der Waals surface area contributed by atoms with E-state index in [0.29, 0.717) is 17.5 Å². The van der Waals surface area contributed by atoms with Crippen molar-refractivity contribution in [3.8, 4) is 5.69 Å². The van der Waals surface area contributed by atoms with E-state index in [4.69, 9.17) is 4.42 Å². The van der Waals surface area contributed by atoms with E-state index in [1.807, 2.05) is 32.2 Å². The number of thiazole rings is 1. The van der Waals surface area contributed by atoms with Crippen LogP contribution >= 0.6 is 23.1 Å². The predicted octanol–water partition coefficient (Wildman–Crippen LogP) is 5.12. The second-order valence-electron chi connectivity index (χ2n) is 7.16. The van der Waals surface area contributed by atoms with Gasteiger partial charge in [0.2, 0.25) is 5.89 Å². The molecule has 6 nitrogen and oxygen atoms in total. The van der Waals surface area contributed by atoms with Crippen LogP contribution in [0.3, 0.4) is 0 Å². The van der Waals surface area contributed by atoms with Crippen molar-refractivity contribution >= 4 is 28.9 Å². The minimum Gasteiger partial charge on any atom is -0.416 e. The summed E-state index contributed by atoms with van der Waals surface area (Å²) in [5.74, 6) is 0.796. The summed E-state index contributed by atoms with van der Waals surface area (Å²) in [7, 11) is 0. The van der Waals surface area contributed by atoms with Crippen LogP contribution in [-0.4, -0.2) is 31.3 Å². The highest BCUT2D eigenvalue weighted by Gasteiger charge is 2.18. The third-order valence-electron chi connectivity index (χ3n) is 4.80. The molecule has 4 aromatic rings. The van der Waals surface area contributed by atoms with Gasteiger partial charge in [-0.2, -0.15) is 0 Å². The number of hydrogen-bond donors (Lipinski definition) is 0. The lowest BCUT2D eigenvalue weighted by molar-refractivity contribution is 0.102. The van der Waals surface area contributed by atoms with Crippen LogP contribution in [0.1, 0.15) is 43.9 Å². The molecule has 0 saturated carbocycles. The molecule has 0 fully saturated rings. The quantitative estimate of drug-likeness (QED) is 0.295. The molecule has 0 aliphatic carbocycles. The molecule has 30 heavy (non-hydrogen) atoms. The number of ketones is 1. The number of hydrogen-bond acceptors (Lipinski definition) is 7. The first-order valence-electron chi connectivity index (χ1n) is 9.56. The van der Waals surface area contributed by atoms with Crippen LogP contribution in [0.4, 0.5) is 0 Å². The zero-order valence-corrected chi connectivity index (χ0v) is 18.9. The summed E-state index contributed by atoms with van der Waals surface area (Å²) < 4.78 is 7.78. The van der Waals surface area contributed by atoms with Crippen molar-refractivity contribution in [2.75, 3.05) is 5.75 Å². The number of carbonyl (C=O) groups is 1. The third-order valence-corrected chi connectivity index (χ3v) is 6.44. The molecule has 8 heteroatoms. The first-order valence-corrected chi connectivity index (χ1v) is 11.4. The molecular weight excluding hydrogens is 416 g/mol. The largest absolute Gasteiger partial charge is 0.416 e. The van der Waals surface area contributed by atoms with Gasteiger partial charge in [-0.3, -0.25) is 4.79 Å². The van der Waals surface area contributed by atoms with Crippen molar-refractivity contribution in [3.05, 3.63) is 74.8 Å². The molecule has 0 unspecified atom stereocenters. The molecule has 0 aliphatic heterocycles. The van der Waals surface area contributed by atoms with Crippen LogP contribution < -0.4 is 0 Å². The van der Waals surface area contributed by atoms with E-state index in [1.165, 1.54) is 17.3 Å². The smallest absolute Gasteiger partial charge is 0.277 e. The number of thioether (sulfide) groups is 1. The zero-order valence-electron chi connectivity index (χ0n) is 17.3. The standard InChI is InChI=1S/C22H22N4O2S2/c1-13-5-7-18(8-6-13)26-14(2)9-19(15(26)3)20(27)12-30-22-25-24-21(28-22)10-17-11-29-16(4)23-17/h5-9,11H,10,12H2,1-4H3. The normalized spacial score (nSPS) is 11.2. The molecule has 0 saturated heterocycles. The summed E-state index contributed by atoms with van der Waals surface area (Å²) in [6, 6.07) is 10.2. The van der Waals surface area contributed by atoms with Crippen molar-refractivity contribution in [1.82, 2.24) is 19.7 Å². The van der Waals surface area contributed by atoms with Crippen molar-refractivity contribution in [2.45, 2.75) is 39.3 Å². The van der Waals surface area contributed by atoms with E-state index in [2.05, 4.69) is 50.9 Å². The minimum atomic E-state index is 0.0429. The monoisotopic (exact) mass is 438 g/mol. The van der Waals surface area contributed by atoms with Gasteiger partial charge in [0.15, 0.2) is 5.78 Å². The SMILES string of the molecule is Cc1ccc(-n2c(C)cc(C(=O)CSc3nnc(Cc4csc(C)n4)o3)c2C)cc1. The van der Waals surface area contributed by atoms with Crippen LogP contribution in [0.15, 0.2) is 45.4 Å². The molecule has 0 spiro atoms. The van der Waals surface area contributed by atoms with Gasteiger partial charge in [-0.25, -0.2) is 4.98 Å². The number of Topliss-reactive ketones (excluding diaryl/α,β-unsaturated/α-hetero) is 1. The molecule has 3 heterocycles. The Balaban J connectivity index is 1.43. The van der Waals surface area contributed by atoms with E-state index in [0.717, 1.165) is 33.3 Å². The number of aromatic nitrogens is 4. The molecule has 1 aromatic carbocycles. The Kier molecular flexibility index (Phi) is 5.87. The number of aryl methyl sites for hydroxylation is 3. The maximum atomic E-state index is 12.9. The third kappa shape index (κ3) is 4.39. The zero-order chi connectivity index (χ0) is 21.3. The maximum Gasteiger partial charge on any atom is 0.277 e. The summed E-state index contributed by atoms with van der Waals surface area (Å²) in [5.41, 5.74) is 5.87. The van der Waals surface area contributed by atoms with Gasteiger partial charge in [-0.1, -0.05) is 29.5 Å². The molecule has 4 rings (SSSR count). The molecule has 0 bridgehead atoms. The molecule has 3 aromatic heterocycles. The van der Waals surface area contributed by atoms with Gasteiger partial charge in [0, 0.05) is 28.0 Å². The molecule has 0 radical (unpaired) electrons. The Morgan fingerprint density at radius 1 is 1.13 bits per heavy atom. The predicted molar refractivity (Wildman–Crippen MR) is 119 cm³/mol. The van der Waals surface area contributed by atoms with Gasteiger partial charge in [0.05, 0.1) is 22.9 Å². The van der Waals surface area contributed by atoms with Crippen LogP contribution in [0.25, 0.3) is 5.69 Å². The summed E-state index contributed by atoms with van der Waals surface area (Å²) in [5, 5.41) is 11.5. The molecular formula is C22H22N4O2S2. The van der Waals surface area contributed by atoms with Crippen LogP contribution in [0.2, 0.25) is 0 Å². The van der Waals surface area contributed by atoms with Crippen molar-refractivity contribution in [2.24, 2.45) is 0 Å². The fourth-order valence-electron chi connectivity index (χ4n) is 3.35. The topological polar surface area (TPSA) is 73.8 Å². The van der Waals surface area contributed by atoms with Gasteiger partial charge >= 0.3 is 0 Å². The molecule has 0 N–H and O–H groups in total. The fourth-order valence-corrected chi connectivity index (χ4v) is 4.63. The highest BCUT2D eigenvalue weighted by Crippen LogP contribution is 2.24. The lowest BCUT2D eigenvalue weighted by Crippen LogP contribution is -2.05. The van der Waals surface area contributed by atoms with Crippen molar-refractivity contribution in [3.63, 3.8) is 0 Å². The second kappa shape index (κ2) is 8.57. The fraction of sp³-hybridized carbons (Fsp3) is 0.273. The summed E-state index contributed by atoms with van der Waals surface area (Å²) >= 11 is 2.86. The lowest BCUT2D eigenvalue weighted by atomic mass is 10.2. The number of nitrogens with zero attached hydrogens (tertiary/aromatic N) is 4. The van der Waals surface area contributed by atoms with E-state index in [-0.39, 0.29) is 11.5 Å². The highest BCUT2D eigenvalue weighted by atomic mass is 32.2. The summed E-state index contributed by atoms with van der Waals surface area (Å²) in [6.45, 7) is 8.02. The maximum absolute atomic E-state index is 12.9. The first kappa shape index (κ1) is 20.6. The van der Waals surface area contributed by atoms with E-state index in [1.54, 1.807) is 11.3 Å². The van der Waals surface area contributed by atoms with Crippen LogP contribution in [0, 0.1) is 27.7 Å². The van der Waals surface area contributed by atoms with Crippen LogP contribution in [-0.2, 0) is 6.42 Å². The Morgan fingerprint density at radius 2 is 1.90 bits per heavy atom. The average molecular weight is 439 g/mol. The van der Waals surface area contributed by atoms with E-state index < -0.39 is 0 Å². The number of rotatable bonds is 7. The van der Waals surface area contributed by atoms with Gasteiger partial charge in [-0.05, 0) is 45.9 Å². The van der Waals surface area contributed by atoms with Gasteiger partial charge < -0.3 is 8.98 Å². The van der Waals surface area contributed by atoms with Gasteiger partial charge in [0.1, 0.15) is 0 Å². The highest BCUT2D eigenvalue weighted by molar-refractivity contribution is 7.99. The first-order chi connectivity index (χ1) is 14.4. The Morgan fingerprint density at radius 3 is 2.60 bits per heavy atom. The van der Waals surface area contributed by atoms with Gasteiger partial charge in [0.25, 0.3) is 5.22 Å². The number of carbonyl (C=O) groups excluding carboxylic acids is 1. The van der Waals surface area contributed by atoms with Crippen LogP contribution in [0.5, 0.6) is 0 Å². The van der Waals surface area contributed by atoms with E-state index in [9.17, 15) is 4.79 Å². The Hall–Kier alpha value is -2.71. The molecule has 0 atom stereocenters. The second-order valence-corrected chi connectivity index (χ2v) is 9.15. The Bertz CT molecular complexity index is 1190. The lowest BCUT2D eigenvalue weighted by Gasteiger charge is -2.10.